The highest BCUT2D eigenvalue weighted by Gasteiger charge is 2.52. The summed E-state index contributed by atoms with van der Waals surface area (Å²) in [5, 5.41) is 38.4. The Balaban J connectivity index is 1.51. The zero-order valence-corrected chi connectivity index (χ0v) is 24.1. The number of amides is 1. The van der Waals surface area contributed by atoms with Crippen LogP contribution in [0.25, 0.3) is 21.7 Å². The van der Waals surface area contributed by atoms with Crippen LogP contribution >= 0.6 is 0 Å². The molecule has 1 aliphatic rings. The van der Waals surface area contributed by atoms with Crippen molar-refractivity contribution in [3.05, 3.63) is 83.6 Å². The largest absolute Gasteiger partial charge is 0.383 e. The average Bonchev–Trinajstić information content (AvgIpc) is 3.67. The minimum atomic E-state index is -0.859. The molecule has 1 saturated carbocycles. The van der Waals surface area contributed by atoms with Crippen molar-refractivity contribution in [2.45, 2.75) is 45.2 Å². The summed E-state index contributed by atoms with van der Waals surface area (Å²) >= 11 is 0. The van der Waals surface area contributed by atoms with Gasteiger partial charge in [-0.2, -0.15) is 10.5 Å². The molecule has 1 fully saturated rings. The Hall–Kier alpha value is -5.55. The molecule has 1 amide bonds. The number of anilines is 2. The van der Waals surface area contributed by atoms with E-state index in [1.54, 1.807) is 29.3 Å². The molecule has 1 atom stereocenters. The first-order valence-corrected chi connectivity index (χ1v) is 14.0. The standard InChI is InChI=1S/C32H30N10O/c1-31(2,3)18-38-28-21(14-34)16-37-27-20(13-33)11-22(12-25(27)28)39-29(24-6-4-5-19-15-36-10-7-23(19)24)26-17-42(41-40-26)32(8-9-32)30(35)43/h4-7,10-12,15-17,29,39H,8-9,18H2,1-3H3,(H2,35,43)(H,37,38)/t29-/m0/s1. The van der Waals surface area contributed by atoms with Crippen molar-refractivity contribution in [2.75, 3.05) is 17.2 Å². The SMILES string of the molecule is CC(C)(C)CNc1c(C#N)cnc2c(C#N)cc(N[C@H](c3cn(C4(C(N)=O)CC4)nn3)c3cccc4cnccc34)cc12. The summed E-state index contributed by atoms with van der Waals surface area (Å²) < 4.78 is 1.56. The molecule has 6 rings (SSSR count). The maximum absolute atomic E-state index is 12.2. The number of carbonyl (C=O) groups is 1. The monoisotopic (exact) mass is 570 g/mol. The van der Waals surface area contributed by atoms with Crippen LogP contribution in [-0.2, 0) is 10.3 Å². The fraction of sp³-hybridized carbons (Fsp3) is 0.281. The molecule has 0 radical (unpaired) electrons. The van der Waals surface area contributed by atoms with Gasteiger partial charge >= 0.3 is 0 Å². The molecule has 5 aromatic rings. The van der Waals surface area contributed by atoms with Gasteiger partial charge in [-0.05, 0) is 47.4 Å². The Morgan fingerprint density at radius 2 is 1.91 bits per heavy atom. The Bertz CT molecular complexity index is 1970. The zero-order valence-electron chi connectivity index (χ0n) is 24.1. The third kappa shape index (κ3) is 5.06. The van der Waals surface area contributed by atoms with Crippen LogP contribution in [0.15, 0.2) is 61.2 Å². The van der Waals surface area contributed by atoms with Crippen LogP contribution in [0.2, 0.25) is 0 Å². The number of aromatic nitrogens is 5. The Morgan fingerprint density at radius 3 is 2.60 bits per heavy atom. The summed E-state index contributed by atoms with van der Waals surface area (Å²) in [6, 6.07) is 15.5. The van der Waals surface area contributed by atoms with E-state index in [2.05, 4.69) is 63.8 Å². The fourth-order valence-electron chi connectivity index (χ4n) is 5.30. The topological polar surface area (TPSA) is 171 Å². The second kappa shape index (κ2) is 10.4. The predicted molar refractivity (Wildman–Crippen MR) is 163 cm³/mol. The lowest BCUT2D eigenvalue weighted by atomic mass is 9.96. The van der Waals surface area contributed by atoms with Gasteiger partial charge in [-0.3, -0.25) is 14.8 Å². The molecular weight excluding hydrogens is 540 g/mol. The fourth-order valence-corrected chi connectivity index (χ4v) is 5.30. The van der Waals surface area contributed by atoms with Gasteiger partial charge in [0.05, 0.1) is 34.6 Å². The highest BCUT2D eigenvalue weighted by Crippen LogP contribution is 2.43. The summed E-state index contributed by atoms with van der Waals surface area (Å²) in [4.78, 5) is 21.0. The second-order valence-corrected chi connectivity index (χ2v) is 12.1. The molecule has 4 N–H and O–H groups in total. The number of nitrogens with two attached hydrogens (primary N) is 1. The zero-order chi connectivity index (χ0) is 30.4. The number of benzene rings is 2. The number of nitrogens with zero attached hydrogens (tertiary/aromatic N) is 7. The number of primary amides is 1. The maximum atomic E-state index is 12.2. The van der Waals surface area contributed by atoms with Crippen LogP contribution in [0.4, 0.5) is 11.4 Å². The Morgan fingerprint density at radius 1 is 1.12 bits per heavy atom. The van der Waals surface area contributed by atoms with Gasteiger partial charge in [0, 0.05) is 41.6 Å². The second-order valence-electron chi connectivity index (χ2n) is 12.1. The van der Waals surface area contributed by atoms with Gasteiger partial charge in [-0.1, -0.05) is 44.2 Å². The van der Waals surface area contributed by atoms with E-state index in [0.29, 0.717) is 58.5 Å². The van der Waals surface area contributed by atoms with Gasteiger partial charge in [-0.25, -0.2) is 4.68 Å². The van der Waals surface area contributed by atoms with Crippen LogP contribution in [-0.4, -0.2) is 37.4 Å². The number of fused-ring (bicyclic) bond motifs is 2. The smallest absolute Gasteiger partial charge is 0.245 e. The van der Waals surface area contributed by atoms with E-state index in [9.17, 15) is 15.3 Å². The van der Waals surface area contributed by atoms with Crippen LogP contribution in [0, 0.1) is 28.1 Å². The molecule has 0 saturated heterocycles. The molecule has 0 spiro atoms. The highest BCUT2D eigenvalue weighted by molar-refractivity contribution is 5.99. The van der Waals surface area contributed by atoms with Gasteiger partial charge in [0.1, 0.15) is 23.4 Å². The number of rotatable bonds is 8. The van der Waals surface area contributed by atoms with E-state index < -0.39 is 17.5 Å². The molecule has 1 aliphatic carbocycles. The molecule has 214 valence electrons. The van der Waals surface area contributed by atoms with Gasteiger partial charge in [0.15, 0.2) is 0 Å². The minimum absolute atomic E-state index is 0.0553. The first-order chi connectivity index (χ1) is 20.6. The molecular formula is C32H30N10O. The van der Waals surface area contributed by atoms with Crippen molar-refractivity contribution >= 4 is 39.0 Å². The van der Waals surface area contributed by atoms with Crippen LogP contribution in [0.5, 0.6) is 0 Å². The van der Waals surface area contributed by atoms with E-state index in [0.717, 1.165) is 16.3 Å². The first kappa shape index (κ1) is 27.6. The third-order valence-electron chi connectivity index (χ3n) is 7.77. The van der Waals surface area contributed by atoms with Crippen molar-refractivity contribution in [1.29, 1.82) is 10.5 Å². The van der Waals surface area contributed by atoms with Gasteiger partial charge in [0.2, 0.25) is 5.91 Å². The normalized spacial score (nSPS) is 14.5. The maximum Gasteiger partial charge on any atom is 0.245 e. The van der Waals surface area contributed by atoms with Gasteiger partial charge in [-0.15, -0.1) is 5.10 Å². The predicted octanol–water partition coefficient (Wildman–Crippen LogP) is 4.75. The van der Waals surface area contributed by atoms with E-state index in [1.807, 2.05) is 30.3 Å². The summed E-state index contributed by atoms with van der Waals surface area (Å²) in [7, 11) is 0. The van der Waals surface area contributed by atoms with Crippen LogP contribution in [0.1, 0.15) is 62.0 Å². The minimum Gasteiger partial charge on any atom is -0.383 e. The average molecular weight is 571 g/mol. The van der Waals surface area contributed by atoms with E-state index >= 15 is 0 Å². The van der Waals surface area contributed by atoms with Crippen LogP contribution < -0.4 is 16.4 Å². The molecule has 43 heavy (non-hydrogen) atoms. The lowest BCUT2D eigenvalue weighted by Crippen LogP contribution is -2.34. The number of hydrogen-bond acceptors (Lipinski definition) is 9. The summed E-state index contributed by atoms with van der Waals surface area (Å²) in [5.74, 6) is -0.436. The quantitative estimate of drug-likeness (QED) is 0.238. The Labute approximate surface area is 248 Å². The number of pyridine rings is 2. The Kier molecular flexibility index (Phi) is 6.66. The lowest BCUT2D eigenvalue weighted by molar-refractivity contribution is -0.122. The van der Waals surface area contributed by atoms with Crippen LogP contribution in [0.3, 0.4) is 0 Å². The van der Waals surface area contributed by atoms with Crippen molar-refractivity contribution < 1.29 is 4.79 Å². The molecule has 11 heteroatoms. The number of nitriles is 2. The van der Waals surface area contributed by atoms with Crippen molar-refractivity contribution in [1.82, 2.24) is 25.0 Å². The third-order valence-corrected chi connectivity index (χ3v) is 7.77. The molecule has 3 heterocycles. The van der Waals surface area contributed by atoms with Crippen molar-refractivity contribution in [3.63, 3.8) is 0 Å². The highest BCUT2D eigenvalue weighted by atomic mass is 16.2. The molecule has 2 aromatic carbocycles. The number of nitrogens with one attached hydrogen (secondary N) is 2. The lowest BCUT2D eigenvalue weighted by Gasteiger charge is -2.23. The number of carbonyl (C=O) groups excluding carboxylic acids is 1. The van der Waals surface area contributed by atoms with Crippen molar-refractivity contribution in [2.24, 2.45) is 11.1 Å². The molecule has 11 nitrogen and oxygen atoms in total. The summed E-state index contributed by atoms with van der Waals surface area (Å²) in [6.07, 6.45) is 8.01. The molecule has 0 bridgehead atoms. The molecule has 0 unspecified atom stereocenters. The first-order valence-electron chi connectivity index (χ1n) is 14.0. The van der Waals surface area contributed by atoms with Gasteiger partial charge < -0.3 is 16.4 Å². The van der Waals surface area contributed by atoms with E-state index in [4.69, 9.17) is 5.73 Å². The molecule has 3 aromatic heterocycles. The van der Waals surface area contributed by atoms with Crippen molar-refractivity contribution in [3.8, 4) is 12.1 Å². The molecule has 0 aliphatic heterocycles. The van der Waals surface area contributed by atoms with Gasteiger partial charge in [0.25, 0.3) is 0 Å². The number of hydrogen-bond donors (Lipinski definition) is 3. The van der Waals surface area contributed by atoms with E-state index in [1.165, 1.54) is 6.20 Å². The van der Waals surface area contributed by atoms with E-state index in [-0.39, 0.29) is 5.41 Å². The summed E-state index contributed by atoms with van der Waals surface area (Å²) in [6.45, 7) is 6.91. The summed E-state index contributed by atoms with van der Waals surface area (Å²) in [5.41, 5.74) is 8.78.